The molecule has 0 bridgehead atoms. The molecule has 1 aromatic carbocycles. The van der Waals surface area contributed by atoms with Crippen LogP contribution in [0, 0.1) is 13.8 Å². The second kappa shape index (κ2) is 5.45. The fourth-order valence-corrected chi connectivity index (χ4v) is 1.49. The minimum absolute atomic E-state index is 0.412. The monoisotopic (exact) mass is 237 g/mol. The molecule has 0 aliphatic carbocycles. The van der Waals surface area contributed by atoms with Crippen LogP contribution >= 0.6 is 0 Å². The molecule has 0 heterocycles. The Balaban J connectivity index is 2.86. The molecule has 1 aromatic rings. The van der Waals surface area contributed by atoms with Crippen molar-refractivity contribution in [1.82, 2.24) is 5.32 Å². The molecule has 0 aliphatic heterocycles. The van der Waals surface area contributed by atoms with Crippen LogP contribution in [0.2, 0.25) is 0 Å². The summed E-state index contributed by atoms with van der Waals surface area (Å²) in [6.45, 7) is 3.05. The molecule has 0 fully saturated rings. The van der Waals surface area contributed by atoms with Crippen LogP contribution in [0.15, 0.2) is 18.2 Å². The van der Waals surface area contributed by atoms with E-state index in [9.17, 15) is 9.59 Å². The third-order valence-corrected chi connectivity index (χ3v) is 2.41. The molecule has 0 aromatic heterocycles. The summed E-state index contributed by atoms with van der Waals surface area (Å²) < 4.78 is 0. The molecule has 92 valence electrons. The fraction of sp³-hybridized carbons (Fsp3) is 0.333. The zero-order valence-electron chi connectivity index (χ0n) is 9.73. The molecular formula is C12H15NO4. The smallest absolute Gasteiger partial charge is 0.328 e. The minimum atomic E-state index is -1.27. The van der Waals surface area contributed by atoms with Gasteiger partial charge in [0.05, 0.1) is 6.61 Å². The van der Waals surface area contributed by atoms with E-state index in [4.69, 9.17) is 10.2 Å². The summed E-state index contributed by atoms with van der Waals surface area (Å²) in [6.07, 6.45) is 0. The summed E-state index contributed by atoms with van der Waals surface area (Å²) in [6, 6.07) is 3.97. The van der Waals surface area contributed by atoms with Crippen LogP contribution in [-0.2, 0) is 4.79 Å². The van der Waals surface area contributed by atoms with Crippen molar-refractivity contribution in [3.63, 3.8) is 0 Å². The molecule has 0 spiro atoms. The van der Waals surface area contributed by atoms with Gasteiger partial charge in [-0.1, -0.05) is 17.7 Å². The van der Waals surface area contributed by atoms with Crippen molar-refractivity contribution in [3.05, 3.63) is 34.9 Å². The first-order chi connectivity index (χ1) is 7.95. The van der Waals surface area contributed by atoms with Gasteiger partial charge in [0, 0.05) is 5.56 Å². The van der Waals surface area contributed by atoms with Gasteiger partial charge < -0.3 is 15.5 Å². The average Bonchev–Trinajstić information content (AvgIpc) is 2.24. The summed E-state index contributed by atoms with van der Waals surface area (Å²) in [5, 5.41) is 19.8. The predicted molar refractivity (Wildman–Crippen MR) is 61.9 cm³/mol. The number of hydrogen-bond donors (Lipinski definition) is 3. The Labute approximate surface area is 99.1 Å². The minimum Gasteiger partial charge on any atom is -0.480 e. The number of aliphatic hydroxyl groups excluding tert-OH is 1. The van der Waals surface area contributed by atoms with E-state index >= 15 is 0 Å². The van der Waals surface area contributed by atoms with Crippen molar-refractivity contribution < 1.29 is 19.8 Å². The summed E-state index contributed by atoms with van der Waals surface area (Å²) in [5.41, 5.74) is 2.20. The number of hydrogen-bond acceptors (Lipinski definition) is 3. The summed E-state index contributed by atoms with van der Waals surface area (Å²) in [4.78, 5) is 22.4. The Hall–Kier alpha value is -1.88. The number of carbonyl (C=O) groups is 2. The highest BCUT2D eigenvalue weighted by Crippen LogP contribution is 2.10. The molecule has 5 nitrogen and oxygen atoms in total. The predicted octanol–water partition coefficient (Wildman–Crippen LogP) is 0.479. The quantitative estimate of drug-likeness (QED) is 0.710. The third kappa shape index (κ3) is 3.29. The van der Waals surface area contributed by atoms with Gasteiger partial charge in [-0.3, -0.25) is 4.79 Å². The van der Waals surface area contributed by atoms with Crippen LogP contribution in [0.5, 0.6) is 0 Å². The molecular weight excluding hydrogens is 222 g/mol. The molecule has 17 heavy (non-hydrogen) atoms. The largest absolute Gasteiger partial charge is 0.480 e. The van der Waals surface area contributed by atoms with Crippen LogP contribution in [-0.4, -0.2) is 34.7 Å². The van der Waals surface area contributed by atoms with Gasteiger partial charge in [0.25, 0.3) is 5.91 Å². The molecule has 1 unspecified atom stereocenters. The van der Waals surface area contributed by atoms with Crippen LogP contribution < -0.4 is 5.32 Å². The molecule has 0 saturated heterocycles. The molecule has 0 saturated carbocycles. The van der Waals surface area contributed by atoms with Crippen LogP contribution in [0.25, 0.3) is 0 Å². The first kappa shape index (κ1) is 13.2. The highest BCUT2D eigenvalue weighted by atomic mass is 16.4. The standard InChI is InChI=1S/C12H15NO4/c1-7-3-4-9(8(2)5-7)11(15)13-10(6-14)12(16)17/h3-5,10,14H,6H2,1-2H3,(H,13,15)(H,16,17). The maximum atomic E-state index is 11.8. The lowest BCUT2D eigenvalue weighted by Crippen LogP contribution is -2.43. The Bertz CT molecular complexity index is 442. The van der Waals surface area contributed by atoms with Gasteiger partial charge in [-0.25, -0.2) is 4.79 Å². The molecule has 0 radical (unpaired) electrons. The maximum absolute atomic E-state index is 11.8. The van der Waals surface area contributed by atoms with Crippen LogP contribution in [0.3, 0.4) is 0 Å². The Kier molecular flexibility index (Phi) is 4.23. The van der Waals surface area contributed by atoms with Crippen molar-refractivity contribution in [1.29, 1.82) is 0 Å². The van der Waals surface area contributed by atoms with Crippen LogP contribution in [0.4, 0.5) is 0 Å². The van der Waals surface area contributed by atoms with Crippen molar-refractivity contribution in [2.75, 3.05) is 6.61 Å². The number of carboxylic acids is 1. The number of benzene rings is 1. The lowest BCUT2D eigenvalue weighted by Gasteiger charge is -2.13. The first-order valence-corrected chi connectivity index (χ1v) is 5.17. The number of aliphatic hydroxyl groups is 1. The van der Waals surface area contributed by atoms with Gasteiger partial charge >= 0.3 is 5.97 Å². The van der Waals surface area contributed by atoms with E-state index in [-0.39, 0.29) is 0 Å². The number of carbonyl (C=O) groups excluding carboxylic acids is 1. The summed E-state index contributed by atoms with van der Waals surface area (Å²) in [7, 11) is 0. The lowest BCUT2D eigenvalue weighted by atomic mass is 10.0. The van der Waals surface area contributed by atoms with E-state index < -0.39 is 24.5 Å². The molecule has 3 N–H and O–H groups in total. The van der Waals surface area contributed by atoms with Crippen molar-refractivity contribution >= 4 is 11.9 Å². The SMILES string of the molecule is Cc1ccc(C(=O)NC(CO)C(=O)O)c(C)c1. The summed E-state index contributed by atoms with van der Waals surface area (Å²) >= 11 is 0. The highest BCUT2D eigenvalue weighted by molar-refractivity contribution is 5.97. The average molecular weight is 237 g/mol. The number of carboxylic acid groups (broad SMARTS) is 1. The Morgan fingerprint density at radius 3 is 2.47 bits per heavy atom. The topological polar surface area (TPSA) is 86.6 Å². The number of aryl methyl sites for hydroxylation is 2. The van der Waals surface area contributed by atoms with Crippen LogP contribution in [0.1, 0.15) is 21.5 Å². The van der Waals surface area contributed by atoms with Crippen molar-refractivity contribution in [3.8, 4) is 0 Å². The third-order valence-electron chi connectivity index (χ3n) is 2.41. The van der Waals surface area contributed by atoms with E-state index in [1.807, 2.05) is 13.0 Å². The van der Waals surface area contributed by atoms with Gasteiger partial charge in [-0.15, -0.1) is 0 Å². The number of amides is 1. The summed E-state index contributed by atoms with van der Waals surface area (Å²) in [5.74, 6) is -1.76. The second-order valence-corrected chi connectivity index (χ2v) is 3.87. The Morgan fingerprint density at radius 1 is 1.35 bits per heavy atom. The normalized spacial score (nSPS) is 11.9. The first-order valence-electron chi connectivity index (χ1n) is 5.17. The highest BCUT2D eigenvalue weighted by Gasteiger charge is 2.20. The molecule has 5 heteroatoms. The number of nitrogens with one attached hydrogen (secondary N) is 1. The molecule has 0 aliphatic rings. The van der Waals surface area contributed by atoms with Gasteiger partial charge in [0.2, 0.25) is 0 Å². The van der Waals surface area contributed by atoms with E-state index in [0.29, 0.717) is 5.56 Å². The zero-order valence-corrected chi connectivity index (χ0v) is 9.73. The second-order valence-electron chi connectivity index (χ2n) is 3.87. The number of rotatable bonds is 4. The van der Waals surface area contributed by atoms with Gasteiger partial charge in [0.15, 0.2) is 6.04 Å². The van der Waals surface area contributed by atoms with Gasteiger partial charge in [0.1, 0.15) is 0 Å². The van der Waals surface area contributed by atoms with Gasteiger partial charge in [-0.2, -0.15) is 0 Å². The van der Waals surface area contributed by atoms with E-state index in [1.165, 1.54) is 0 Å². The van der Waals surface area contributed by atoms with E-state index in [0.717, 1.165) is 11.1 Å². The van der Waals surface area contributed by atoms with Gasteiger partial charge in [-0.05, 0) is 25.5 Å². The Morgan fingerprint density at radius 2 is 2.00 bits per heavy atom. The molecule has 1 amide bonds. The van der Waals surface area contributed by atoms with Crippen molar-refractivity contribution in [2.24, 2.45) is 0 Å². The van der Waals surface area contributed by atoms with Crippen molar-refractivity contribution in [2.45, 2.75) is 19.9 Å². The maximum Gasteiger partial charge on any atom is 0.328 e. The molecule has 1 atom stereocenters. The molecule has 1 rings (SSSR count). The zero-order chi connectivity index (χ0) is 13.0. The van der Waals surface area contributed by atoms with E-state index in [1.54, 1.807) is 19.1 Å². The fourth-order valence-electron chi connectivity index (χ4n) is 1.49. The lowest BCUT2D eigenvalue weighted by molar-refractivity contribution is -0.140. The number of aliphatic carboxylic acids is 1. The van der Waals surface area contributed by atoms with E-state index in [2.05, 4.69) is 5.32 Å².